The molecule has 0 amide bonds. The zero-order valence-corrected chi connectivity index (χ0v) is 5.57. The third kappa shape index (κ3) is 1.40. The first-order valence-electron chi connectivity index (χ1n) is 2.90. The second-order valence-corrected chi connectivity index (χ2v) is 2.13. The van der Waals surface area contributed by atoms with Gasteiger partial charge in [0.2, 0.25) is 0 Å². The van der Waals surface area contributed by atoms with Crippen molar-refractivity contribution in [2.45, 2.75) is 19.9 Å². The van der Waals surface area contributed by atoms with Crippen LogP contribution >= 0.6 is 0 Å². The molecule has 0 aliphatic carbocycles. The predicted octanol–water partition coefficient (Wildman–Crippen LogP) is 0.837. The van der Waals surface area contributed by atoms with Gasteiger partial charge >= 0.3 is 0 Å². The van der Waals surface area contributed by atoms with Crippen molar-refractivity contribution in [3.63, 3.8) is 0 Å². The maximum Gasteiger partial charge on any atom is 0.119 e. The van der Waals surface area contributed by atoms with Crippen LogP contribution in [0.2, 0.25) is 0 Å². The lowest BCUT2D eigenvalue weighted by Crippen LogP contribution is -2.24. The normalized spacial score (nSPS) is 15.7. The van der Waals surface area contributed by atoms with Crippen LogP contribution in [0.1, 0.15) is 13.8 Å². The van der Waals surface area contributed by atoms with Gasteiger partial charge in [0, 0.05) is 11.9 Å². The van der Waals surface area contributed by atoms with Crippen LogP contribution in [0.5, 0.6) is 0 Å². The highest BCUT2D eigenvalue weighted by atomic mass is 15.3. The van der Waals surface area contributed by atoms with Crippen LogP contribution in [0.4, 0.5) is 0 Å². The van der Waals surface area contributed by atoms with Crippen molar-refractivity contribution in [2.24, 2.45) is 10.2 Å². The molecule has 0 spiro atoms. The topological polar surface area (TPSA) is 28.0 Å². The lowest BCUT2D eigenvalue weighted by atomic mass is 10.4. The highest BCUT2D eigenvalue weighted by Crippen LogP contribution is 1.95. The van der Waals surface area contributed by atoms with Gasteiger partial charge < -0.3 is 4.90 Å². The summed E-state index contributed by atoms with van der Waals surface area (Å²) in [7, 11) is 0. The van der Waals surface area contributed by atoms with Crippen molar-refractivity contribution >= 4 is 12.2 Å². The Hall–Kier alpha value is -1.08. The van der Waals surface area contributed by atoms with E-state index < -0.39 is 0 Å². The van der Waals surface area contributed by atoms with Crippen molar-refractivity contribution in [2.75, 3.05) is 0 Å². The largest absolute Gasteiger partial charge is 0.327 e. The van der Waals surface area contributed by atoms with E-state index in [1.165, 1.54) is 0 Å². The summed E-state index contributed by atoms with van der Waals surface area (Å²) in [4.78, 5) is 1.94. The Labute approximate surface area is 54.4 Å². The van der Waals surface area contributed by atoms with Crippen molar-refractivity contribution in [3.05, 3.63) is 6.20 Å². The van der Waals surface area contributed by atoms with Crippen molar-refractivity contribution in [1.29, 1.82) is 0 Å². The van der Waals surface area contributed by atoms with Crippen molar-refractivity contribution in [3.8, 4) is 0 Å². The minimum absolute atomic E-state index is 0.441. The molecule has 48 valence electrons. The molecule has 0 fully saturated rings. The fraction of sp³-hybridized carbons (Fsp3) is 0.500. The molecule has 0 aromatic heterocycles. The standard InChI is InChI=1S/C6H9N3/c1-6(2)9-4-3-7-8-5-9/h4-6H,1-2H3. The van der Waals surface area contributed by atoms with Gasteiger partial charge in [0.15, 0.2) is 0 Å². The van der Waals surface area contributed by atoms with E-state index in [-0.39, 0.29) is 0 Å². The fourth-order valence-corrected chi connectivity index (χ4v) is 0.527. The zero-order valence-electron chi connectivity index (χ0n) is 5.57. The molecule has 0 unspecified atom stereocenters. The summed E-state index contributed by atoms with van der Waals surface area (Å²) in [6.45, 7) is 4.16. The van der Waals surface area contributed by atoms with Crippen LogP contribution in [-0.2, 0) is 0 Å². The summed E-state index contributed by atoms with van der Waals surface area (Å²) < 4.78 is 0. The molecule has 1 aliphatic heterocycles. The minimum atomic E-state index is 0.441. The number of rotatable bonds is 1. The predicted molar refractivity (Wildman–Crippen MR) is 37.5 cm³/mol. The number of nitrogens with zero attached hydrogens (tertiary/aromatic N) is 3. The Bertz CT molecular complexity index is 175. The molecule has 0 saturated carbocycles. The first-order chi connectivity index (χ1) is 4.30. The smallest absolute Gasteiger partial charge is 0.119 e. The van der Waals surface area contributed by atoms with Gasteiger partial charge in [0.25, 0.3) is 0 Å². The molecule has 1 rings (SSSR count). The van der Waals surface area contributed by atoms with Gasteiger partial charge in [-0.15, -0.1) is 10.2 Å². The summed E-state index contributed by atoms with van der Waals surface area (Å²) in [5.41, 5.74) is 0. The summed E-state index contributed by atoms with van der Waals surface area (Å²) in [6, 6.07) is 0.441. The molecule has 0 aromatic rings. The monoisotopic (exact) mass is 123 g/mol. The van der Waals surface area contributed by atoms with Gasteiger partial charge in [-0.1, -0.05) is 0 Å². The second-order valence-electron chi connectivity index (χ2n) is 2.13. The van der Waals surface area contributed by atoms with Crippen LogP contribution < -0.4 is 0 Å². The molecule has 0 saturated heterocycles. The van der Waals surface area contributed by atoms with E-state index in [2.05, 4.69) is 29.9 Å². The van der Waals surface area contributed by atoms with Crippen LogP contribution in [0.15, 0.2) is 16.4 Å². The molecule has 1 aliphatic rings. The van der Waals surface area contributed by atoms with E-state index in [1.54, 1.807) is 12.5 Å². The maximum absolute atomic E-state index is 3.66. The van der Waals surface area contributed by atoms with Gasteiger partial charge in [0.1, 0.15) is 6.34 Å². The Balaban J connectivity index is 2.65. The van der Waals surface area contributed by atoms with Gasteiger partial charge in [-0.2, -0.15) is 0 Å². The second kappa shape index (κ2) is 2.46. The molecule has 0 aromatic carbocycles. The summed E-state index contributed by atoms with van der Waals surface area (Å²) in [6.07, 6.45) is 3.46. The van der Waals surface area contributed by atoms with Crippen molar-refractivity contribution < 1.29 is 0 Å². The van der Waals surface area contributed by atoms with Gasteiger partial charge in [-0.25, -0.2) is 0 Å². The highest BCUT2D eigenvalue weighted by molar-refractivity contribution is 5.66. The molecule has 3 nitrogen and oxygen atoms in total. The van der Waals surface area contributed by atoms with Crippen molar-refractivity contribution in [1.82, 2.24) is 4.90 Å². The van der Waals surface area contributed by atoms with Crippen LogP contribution in [-0.4, -0.2) is 23.2 Å². The van der Waals surface area contributed by atoms with Crippen LogP contribution in [0, 0.1) is 0 Å². The average molecular weight is 123 g/mol. The third-order valence-corrected chi connectivity index (χ3v) is 1.10. The molecular weight excluding hydrogens is 114 g/mol. The average Bonchev–Trinajstić information content (AvgIpc) is 1.90. The van der Waals surface area contributed by atoms with Gasteiger partial charge in [0.05, 0.1) is 6.20 Å². The number of hydrogen-bond acceptors (Lipinski definition) is 3. The molecule has 0 bridgehead atoms. The van der Waals surface area contributed by atoms with E-state index in [9.17, 15) is 0 Å². The SMILES string of the molecule is CC(C)N1C=C=NN=C1. The lowest BCUT2D eigenvalue weighted by Gasteiger charge is -2.17. The van der Waals surface area contributed by atoms with Gasteiger partial charge in [-0.3, -0.25) is 0 Å². The maximum atomic E-state index is 3.66. The Kier molecular flexibility index (Phi) is 1.66. The van der Waals surface area contributed by atoms with E-state index in [0.29, 0.717) is 6.04 Å². The molecule has 0 radical (unpaired) electrons. The van der Waals surface area contributed by atoms with Gasteiger partial charge in [-0.05, 0) is 13.8 Å². The first-order valence-corrected chi connectivity index (χ1v) is 2.90. The number of hydrogen-bond donors (Lipinski definition) is 0. The Morgan fingerprint density at radius 3 is 2.67 bits per heavy atom. The Morgan fingerprint density at radius 1 is 1.56 bits per heavy atom. The molecule has 0 atom stereocenters. The molecule has 3 heteroatoms. The Morgan fingerprint density at radius 2 is 2.33 bits per heavy atom. The summed E-state index contributed by atoms with van der Waals surface area (Å²) >= 11 is 0. The van der Waals surface area contributed by atoms with E-state index in [4.69, 9.17) is 0 Å². The van der Waals surface area contributed by atoms with E-state index in [0.717, 1.165) is 0 Å². The molecule has 9 heavy (non-hydrogen) atoms. The van der Waals surface area contributed by atoms with Crippen LogP contribution in [0.25, 0.3) is 0 Å². The lowest BCUT2D eigenvalue weighted by molar-refractivity contribution is 0.471. The summed E-state index contributed by atoms with van der Waals surface area (Å²) in [5, 5.41) is 7.20. The van der Waals surface area contributed by atoms with E-state index >= 15 is 0 Å². The van der Waals surface area contributed by atoms with Crippen LogP contribution in [0.3, 0.4) is 0 Å². The first kappa shape index (κ1) is 6.05. The van der Waals surface area contributed by atoms with E-state index in [1.807, 2.05) is 4.90 Å². The summed E-state index contributed by atoms with van der Waals surface area (Å²) in [5.74, 6) is 2.64. The highest BCUT2D eigenvalue weighted by Gasteiger charge is 2.00. The minimum Gasteiger partial charge on any atom is -0.327 e. The molecule has 1 heterocycles. The third-order valence-electron chi connectivity index (χ3n) is 1.10. The quantitative estimate of drug-likeness (QED) is 0.507. The molecular formula is C6H9N3. The zero-order chi connectivity index (χ0) is 6.69. The molecule has 0 N–H and O–H groups in total. The fourth-order valence-electron chi connectivity index (χ4n) is 0.527.